The minimum absolute atomic E-state index is 0.0448. The van der Waals surface area contributed by atoms with Gasteiger partial charge in [-0.3, -0.25) is 9.59 Å². The molecule has 2 aromatic rings. The van der Waals surface area contributed by atoms with Gasteiger partial charge in [-0.25, -0.2) is 18.1 Å². The second-order valence-electron chi connectivity index (χ2n) is 8.13. The molecular formula is C23H21F3N2O2. The average molecular weight is 414 g/mol. The second-order valence-corrected chi connectivity index (χ2v) is 8.13. The number of hydrogen-bond acceptors (Lipinski definition) is 3. The molecule has 4 rings (SSSR count). The molecule has 1 saturated heterocycles. The summed E-state index contributed by atoms with van der Waals surface area (Å²) in [5.74, 6) is -3.28. The Bertz CT molecular complexity index is 1040. The van der Waals surface area contributed by atoms with E-state index in [0.29, 0.717) is 30.5 Å². The van der Waals surface area contributed by atoms with Gasteiger partial charge >= 0.3 is 0 Å². The standard InChI is InChI=1S/C23H21F3N2O2/c1-13-9-14(2)12-27(11-13)21-20(15-3-5-16(24)6-4-15)22(29)28(23(21)30)17-7-8-18(25)19(26)10-17/h3-8,10,13-14H,9,11-12H2,1-2H3. The number of imide groups is 1. The number of hydrogen-bond donors (Lipinski definition) is 0. The molecule has 2 amide bonds. The van der Waals surface area contributed by atoms with E-state index in [0.717, 1.165) is 23.5 Å². The fourth-order valence-electron chi connectivity index (χ4n) is 4.39. The minimum Gasteiger partial charge on any atom is -0.366 e. The first kappa shape index (κ1) is 20.2. The zero-order valence-corrected chi connectivity index (χ0v) is 16.7. The van der Waals surface area contributed by atoms with Crippen molar-refractivity contribution in [3.63, 3.8) is 0 Å². The van der Waals surface area contributed by atoms with Gasteiger partial charge < -0.3 is 4.90 Å². The lowest BCUT2D eigenvalue weighted by Gasteiger charge is -2.37. The van der Waals surface area contributed by atoms with Crippen LogP contribution < -0.4 is 4.90 Å². The van der Waals surface area contributed by atoms with Crippen LogP contribution in [0.1, 0.15) is 25.8 Å². The Morgan fingerprint density at radius 1 is 0.833 bits per heavy atom. The van der Waals surface area contributed by atoms with Crippen LogP contribution in [0.25, 0.3) is 5.57 Å². The van der Waals surface area contributed by atoms with Crippen molar-refractivity contribution >= 4 is 23.1 Å². The van der Waals surface area contributed by atoms with Gasteiger partial charge in [-0.05, 0) is 48.1 Å². The number of piperidine rings is 1. The molecule has 0 radical (unpaired) electrons. The topological polar surface area (TPSA) is 40.6 Å². The molecule has 0 aliphatic carbocycles. The SMILES string of the molecule is CC1CC(C)CN(C2=C(c3ccc(F)cc3)C(=O)N(c3ccc(F)c(F)c3)C2=O)C1. The van der Waals surface area contributed by atoms with Crippen molar-refractivity contribution in [3.8, 4) is 0 Å². The Kier molecular flexibility index (Phi) is 5.13. The molecule has 7 heteroatoms. The number of carbonyl (C=O) groups is 2. The molecule has 2 heterocycles. The third-order valence-electron chi connectivity index (χ3n) is 5.54. The Labute approximate surface area is 172 Å². The Hall–Kier alpha value is -3.09. The molecule has 156 valence electrons. The molecule has 30 heavy (non-hydrogen) atoms. The molecule has 0 aromatic heterocycles. The summed E-state index contributed by atoms with van der Waals surface area (Å²) in [7, 11) is 0. The molecule has 2 aromatic carbocycles. The van der Waals surface area contributed by atoms with Crippen molar-refractivity contribution < 1.29 is 22.8 Å². The highest BCUT2D eigenvalue weighted by atomic mass is 19.2. The molecule has 0 bridgehead atoms. The predicted octanol–water partition coefficient (Wildman–Crippen LogP) is 4.37. The summed E-state index contributed by atoms with van der Waals surface area (Å²) < 4.78 is 40.7. The number of rotatable bonds is 3. The van der Waals surface area contributed by atoms with E-state index in [2.05, 4.69) is 13.8 Å². The molecule has 2 aliphatic rings. The maximum atomic E-state index is 13.8. The van der Waals surface area contributed by atoms with Gasteiger partial charge in [0.1, 0.15) is 11.5 Å². The summed E-state index contributed by atoms with van der Waals surface area (Å²) in [5.41, 5.74) is 0.720. The lowest BCUT2D eigenvalue weighted by Crippen LogP contribution is -2.42. The van der Waals surface area contributed by atoms with Crippen LogP contribution in [0.4, 0.5) is 18.9 Å². The van der Waals surface area contributed by atoms with Crippen LogP contribution in [0.2, 0.25) is 0 Å². The monoisotopic (exact) mass is 414 g/mol. The van der Waals surface area contributed by atoms with E-state index >= 15 is 0 Å². The van der Waals surface area contributed by atoms with E-state index in [9.17, 15) is 22.8 Å². The number of halogens is 3. The number of nitrogens with zero attached hydrogens (tertiary/aromatic N) is 2. The summed E-state index contributed by atoms with van der Waals surface area (Å²) in [4.78, 5) is 29.5. The summed E-state index contributed by atoms with van der Waals surface area (Å²) in [6, 6.07) is 8.24. The van der Waals surface area contributed by atoms with Crippen LogP contribution in [0.3, 0.4) is 0 Å². The van der Waals surface area contributed by atoms with Gasteiger partial charge in [0.05, 0.1) is 11.3 Å². The highest BCUT2D eigenvalue weighted by Gasteiger charge is 2.43. The number of amides is 2. The number of carbonyl (C=O) groups excluding carboxylic acids is 2. The van der Waals surface area contributed by atoms with Gasteiger partial charge in [0.15, 0.2) is 11.6 Å². The first-order chi connectivity index (χ1) is 14.3. The lowest BCUT2D eigenvalue weighted by molar-refractivity contribution is -0.120. The van der Waals surface area contributed by atoms with Gasteiger partial charge in [0, 0.05) is 19.2 Å². The number of likely N-dealkylation sites (tertiary alicyclic amines) is 1. The lowest BCUT2D eigenvalue weighted by atomic mass is 9.91. The second kappa shape index (κ2) is 7.63. The van der Waals surface area contributed by atoms with E-state index < -0.39 is 29.3 Å². The molecule has 2 atom stereocenters. The Balaban J connectivity index is 1.84. The molecule has 0 saturated carbocycles. The van der Waals surface area contributed by atoms with E-state index in [-0.39, 0.29) is 17.0 Å². The Morgan fingerprint density at radius 2 is 1.47 bits per heavy atom. The third kappa shape index (κ3) is 3.49. The molecule has 1 fully saturated rings. The highest BCUT2D eigenvalue weighted by Crippen LogP contribution is 2.37. The highest BCUT2D eigenvalue weighted by molar-refractivity contribution is 6.45. The summed E-state index contributed by atoms with van der Waals surface area (Å²) in [6.45, 7) is 5.34. The van der Waals surface area contributed by atoms with Gasteiger partial charge in [-0.1, -0.05) is 26.0 Å². The smallest absolute Gasteiger partial charge is 0.282 e. The van der Waals surface area contributed by atoms with Gasteiger partial charge in [-0.15, -0.1) is 0 Å². The van der Waals surface area contributed by atoms with Crippen LogP contribution in [0, 0.1) is 29.3 Å². The van der Waals surface area contributed by atoms with Crippen molar-refractivity contribution in [2.75, 3.05) is 18.0 Å². The van der Waals surface area contributed by atoms with Crippen molar-refractivity contribution in [2.45, 2.75) is 20.3 Å². The van der Waals surface area contributed by atoms with Crippen LogP contribution in [-0.2, 0) is 9.59 Å². The van der Waals surface area contributed by atoms with Crippen molar-refractivity contribution in [1.82, 2.24) is 4.90 Å². The van der Waals surface area contributed by atoms with Gasteiger partial charge in [0.25, 0.3) is 11.8 Å². The fourth-order valence-corrected chi connectivity index (χ4v) is 4.39. The molecule has 4 nitrogen and oxygen atoms in total. The van der Waals surface area contributed by atoms with Crippen LogP contribution in [0.15, 0.2) is 48.2 Å². The largest absolute Gasteiger partial charge is 0.366 e. The fraction of sp³-hybridized carbons (Fsp3) is 0.304. The van der Waals surface area contributed by atoms with E-state index in [1.807, 2.05) is 4.90 Å². The predicted molar refractivity (Wildman–Crippen MR) is 107 cm³/mol. The summed E-state index contributed by atoms with van der Waals surface area (Å²) in [5, 5.41) is 0. The van der Waals surface area contributed by atoms with E-state index in [4.69, 9.17) is 0 Å². The minimum atomic E-state index is -1.15. The van der Waals surface area contributed by atoms with Gasteiger partial charge in [-0.2, -0.15) is 0 Å². The van der Waals surface area contributed by atoms with Crippen molar-refractivity contribution in [2.24, 2.45) is 11.8 Å². The van der Waals surface area contributed by atoms with E-state index in [1.165, 1.54) is 30.3 Å². The zero-order valence-electron chi connectivity index (χ0n) is 16.7. The molecule has 0 spiro atoms. The number of anilines is 1. The maximum absolute atomic E-state index is 13.8. The summed E-state index contributed by atoms with van der Waals surface area (Å²) in [6.07, 6.45) is 1.00. The van der Waals surface area contributed by atoms with Crippen molar-refractivity contribution in [3.05, 3.63) is 71.2 Å². The normalized spacial score (nSPS) is 22.3. The molecule has 0 N–H and O–H groups in total. The van der Waals surface area contributed by atoms with Crippen LogP contribution in [0.5, 0.6) is 0 Å². The first-order valence-electron chi connectivity index (χ1n) is 9.85. The van der Waals surface area contributed by atoms with E-state index in [1.54, 1.807) is 0 Å². The van der Waals surface area contributed by atoms with Crippen LogP contribution in [-0.4, -0.2) is 29.8 Å². The Morgan fingerprint density at radius 3 is 2.07 bits per heavy atom. The van der Waals surface area contributed by atoms with Gasteiger partial charge in [0.2, 0.25) is 0 Å². The third-order valence-corrected chi connectivity index (χ3v) is 5.54. The quantitative estimate of drug-likeness (QED) is 0.701. The molecule has 2 aliphatic heterocycles. The maximum Gasteiger partial charge on any atom is 0.282 e. The van der Waals surface area contributed by atoms with Crippen LogP contribution >= 0.6 is 0 Å². The van der Waals surface area contributed by atoms with Crippen molar-refractivity contribution in [1.29, 1.82) is 0 Å². The average Bonchev–Trinajstić information content (AvgIpc) is 2.94. The first-order valence-corrected chi connectivity index (χ1v) is 9.85. The molecular weight excluding hydrogens is 393 g/mol. The zero-order chi connectivity index (χ0) is 21.6. The molecule has 2 unspecified atom stereocenters. The summed E-state index contributed by atoms with van der Waals surface area (Å²) >= 11 is 0. The number of benzene rings is 2.